The van der Waals surface area contributed by atoms with Crippen LogP contribution in [-0.2, 0) is 16.1 Å². The monoisotopic (exact) mass is 319 g/mol. The molecule has 0 bridgehead atoms. The number of halogens is 3. The smallest absolute Gasteiger partial charge is 0.389 e. The fraction of sp³-hybridized carbons (Fsp3) is 1.00. The lowest BCUT2D eigenvalue weighted by molar-refractivity contribution is -0.136. The second-order valence-corrected chi connectivity index (χ2v) is 7.47. The minimum absolute atomic E-state index is 0.130. The number of aliphatic hydroxyl groups excluding tert-OH is 1. The molecular weight excluding hydrogens is 295 g/mol. The molecule has 0 saturated heterocycles. The van der Waals surface area contributed by atoms with Gasteiger partial charge in [0.25, 0.3) is 0 Å². The second kappa shape index (κ2) is 9.09. The summed E-state index contributed by atoms with van der Waals surface area (Å²) in [6.07, 6.45) is -4.98. The molecule has 122 valence electrons. The van der Waals surface area contributed by atoms with Crippen LogP contribution < -0.4 is 4.72 Å². The third-order valence-corrected chi connectivity index (χ3v) is 4.11. The Morgan fingerprint density at radius 1 is 1.20 bits per heavy atom. The second-order valence-electron chi connectivity index (χ2n) is 5.47. The first-order valence-electron chi connectivity index (χ1n) is 6.49. The van der Waals surface area contributed by atoms with E-state index in [1.54, 1.807) is 20.8 Å². The van der Waals surface area contributed by atoms with Crippen molar-refractivity contribution in [2.45, 2.75) is 57.0 Å². The van der Waals surface area contributed by atoms with Gasteiger partial charge in [-0.1, -0.05) is 0 Å². The van der Waals surface area contributed by atoms with E-state index in [1.807, 2.05) is 0 Å². The Morgan fingerprint density at radius 2 is 1.80 bits per heavy atom. The molecule has 0 aromatic carbocycles. The fourth-order valence-electron chi connectivity index (χ4n) is 1.32. The van der Waals surface area contributed by atoms with Gasteiger partial charge in [0.15, 0.2) is 0 Å². The highest BCUT2D eigenvalue weighted by atomic mass is 32.2. The van der Waals surface area contributed by atoms with Crippen molar-refractivity contribution < 1.29 is 27.6 Å². The van der Waals surface area contributed by atoms with Crippen LogP contribution in [0, 0.1) is 0 Å². The lowest BCUT2D eigenvalue weighted by atomic mass is 10.1. The minimum atomic E-state index is -4.23. The molecule has 2 unspecified atom stereocenters. The first kappa shape index (κ1) is 20.0. The average molecular weight is 319 g/mol. The van der Waals surface area contributed by atoms with Crippen molar-refractivity contribution in [3.63, 3.8) is 0 Å². The van der Waals surface area contributed by atoms with Crippen LogP contribution in [0.2, 0.25) is 0 Å². The van der Waals surface area contributed by atoms with E-state index in [0.29, 0.717) is 6.42 Å². The van der Waals surface area contributed by atoms with Crippen molar-refractivity contribution in [1.29, 1.82) is 0 Å². The standard InChI is InChI=1S/C12H24F3NO3S/c1-11(2,3)20(18)16-10(4-6-12(13,14)15)5-8-19-9-7-17/h10,16-17H,4-9H2,1-3H3. The zero-order chi connectivity index (χ0) is 15.8. The minimum Gasteiger partial charge on any atom is -0.598 e. The third kappa shape index (κ3) is 10.7. The molecular formula is C12H24F3NO3S. The van der Waals surface area contributed by atoms with Crippen molar-refractivity contribution >= 4 is 11.4 Å². The Bertz CT molecular complexity index is 259. The molecule has 0 aliphatic carbocycles. The molecule has 0 aromatic rings. The largest absolute Gasteiger partial charge is 0.598 e. The number of alkyl halides is 3. The third-order valence-electron chi connectivity index (χ3n) is 2.45. The molecule has 0 saturated carbocycles. The van der Waals surface area contributed by atoms with Gasteiger partial charge in [-0.15, -0.1) is 4.72 Å². The summed E-state index contributed by atoms with van der Waals surface area (Å²) in [7, 11) is 0. The van der Waals surface area contributed by atoms with Crippen LogP contribution in [0.1, 0.15) is 40.0 Å². The summed E-state index contributed by atoms with van der Waals surface area (Å²) in [5.74, 6) is 0. The average Bonchev–Trinajstić information content (AvgIpc) is 2.28. The molecule has 0 fully saturated rings. The van der Waals surface area contributed by atoms with E-state index < -0.39 is 34.7 Å². The van der Waals surface area contributed by atoms with E-state index in [9.17, 15) is 17.7 Å². The Kier molecular flexibility index (Phi) is 9.08. The SMILES string of the molecule is CC(C)(C)[S+]([O-])NC(CCOCCO)CCC(F)(F)F. The van der Waals surface area contributed by atoms with Gasteiger partial charge in [0.2, 0.25) is 0 Å². The summed E-state index contributed by atoms with van der Waals surface area (Å²) < 4.78 is 56.0. The van der Waals surface area contributed by atoms with Gasteiger partial charge in [-0.25, -0.2) is 0 Å². The van der Waals surface area contributed by atoms with Crippen molar-refractivity contribution in [2.24, 2.45) is 0 Å². The fourth-order valence-corrected chi connectivity index (χ4v) is 2.21. The number of hydrogen-bond donors (Lipinski definition) is 2. The maximum atomic E-state index is 12.3. The zero-order valence-electron chi connectivity index (χ0n) is 12.1. The summed E-state index contributed by atoms with van der Waals surface area (Å²) in [5.41, 5.74) is 0. The molecule has 8 heteroatoms. The van der Waals surface area contributed by atoms with Gasteiger partial charge in [0.05, 0.1) is 19.3 Å². The van der Waals surface area contributed by atoms with E-state index in [0.717, 1.165) is 0 Å². The van der Waals surface area contributed by atoms with Crippen LogP contribution in [-0.4, -0.2) is 46.4 Å². The maximum absolute atomic E-state index is 12.3. The first-order valence-corrected chi connectivity index (χ1v) is 7.64. The number of aliphatic hydroxyl groups is 1. The summed E-state index contributed by atoms with van der Waals surface area (Å²) in [6, 6.07) is -0.532. The first-order chi connectivity index (χ1) is 9.06. The van der Waals surface area contributed by atoms with Crippen LogP contribution in [0.25, 0.3) is 0 Å². The van der Waals surface area contributed by atoms with Gasteiger partial charge in [0.1, 0.15) is 4.75 Å². The molecule has 0 amide bonds. The van der Waals surface area contributed by atoms with Gasteiger partial charge < -0.3 is 14.4 Å². The summed E-state index contributed by atoms with van der Waals surface area (Å²) in [5, 5.41) is 8.56. The lowest BCUT2D eigenvalue weighted by Crippen LogP contribution is -2.45. The van der Waals surface area contributed by atoms with Gasteiger partial charge in [-0.2, -0.15) is 13.2 Å². The van der Waals surface area contributed by atoms with E-state index in [4.69, 9.17) is 9.84 Å². The highest BCUT2D eigenvalue weighted by Crippen LogP contribution is 2.24. The molecule has 0 aliphatic heterocycles. The Hall–Kier alpha value is -0.0200. The number of ether oxygens (including phenoxy) is 1. The molecule has 0 heterocycles. The van der Waals surface area contributed by atoms with Crippen LogP contribution in [0.5, 0.6) is 0 Å². The predicted octanol–water partition coefficient (Wildman–Crippen LogP) is 2.15. The molecule has 0 radical (unpaired) electrons. The Balaban J connectivity index is 4.31. The van der Waals surface area contributed by atoms with Crippen molar-refractivity contribution in [3.05, 3.63) is 0 Å². The predicted molar refractivity (Wildman–Crippen MR) is 72.6 cm³/mol. The van der Waals surface area contributed by atoms with Gasteiger partial charge in [-0.3, -0.25) is 0 Å². The highest BCUT2D eigenvalue weighted by Gasteiger charge is 2.32. The number of rotatable bonds is 9. The number of hydrogen-bond acceptors (Lipinski definition) is 4. The van der Waals surface area contributed by atoms with Gasteiger partial charge >= 0.3 is 6.18 Å². The quantitative estimate of drug-likeness (QED) is 0.505. The van der Waals surface area contributed by atoms with Crippen LogP contribution in [0.4, 0.5) is 13.2 Å². The van der Waals surface area contributed by atoms with Crippen LogP contribution >= 0.6 is 0 Å². The zero-order valence-corrected chi connectivity index (χ0v) is 12.9. The van der Waals surface area contributed by atoms with Crippen LogP contribution in [0.3, 0.4) is 0 Å². The molecule has 0 aromatic heterocycles. The normalized spacial score (nSPS) is 16.2. The van der Waals surface area contributed by atoms with Crippen molar-refractivity contribution in [3.8, 4) is 0 Å². The van der Waals surface area contributed by atoms with Crippen LogP contribution in [0.15, 0.2) is 0 Å². The molecule has 0 aliphatic rings. The van der Waals surface area contributed by atoms with Gasteiger partial charge in [-0.05, 0) is 33.6 Å². The summed E-state index contributed by atoms with van der Waals surface area (Å²) >= 11 is -1.43. The van der Waals surface area contributed by atoms with Gasteiger partial charge in [0, 0.05) is 24.4 Å². The Labute approximate surface area is 121 Å². The summed E-state index contributed by atoms with van der Waals surface area (Å²) in [4.78, 5) is 0. The molecule has 2 N–H and O–H groups in total. The Morgan fingerprint density at radius 3 is 2.25 bits per heavy atom. The highest BCUT2D eigenvalue weighted by molar-refractivity contribution is 7.90. The molecule has 20 heavy (non-hydrogen) atoms. The van der Waals surface area contributed by atoms with E-state index in [-0.39, 0.29) is 26.2 Å². The number of nitrogens with one attached hydrogen (secondary N) is 1. The molecule has 2 atom stereocenters. The van der Waals surface area contributed by atoms with Crippen molar-refractivity contribution in [2.75, 3.05) is 19.8 Å². The van der Waals surface area contributed by atoms with E-state index in [2.05, 4.69) is 4.72 Å². The molecule has 0 rings (SSSR count). The molecule has 0 spiro atoms. The summed E-state index contributed by atoms with van der Waals surface area (Å²) in [6.45, 7) is 5.48. The van der Waals surface area contributed by atoms with E-state index >= 15 is 0 Å². The lowest BCUT2D eigenvalue weighted by Gasteiger charge is -2.28. The topological polar surface area (TPSA) is 64.5 Å². The van der Waals surface area contributed by atoms with Crippen molar-refractivity contribution in [1.82, 2.24) is 4.72 Å². The van der Waals surface area contributed by atoms with E-state index in [1.165, 1.54) is 0 Å². The maximum Gasteiger partial charge on any atom is 0.389 e. The molecule has 4 nitrogen and oxygen atoms in total.